The van der Waals surface area contributed by atoms with Crippen LogP contribution in [0.2, 0.25) is 0 Å². The molecule has 0 aromatic carbocycles. The molecule has 2 heterocycles. The van der Waals surface area contributed by atoms with Gasteiger partial charge in [0.1, 0.15) is 5.82 Å². The number of hydrogen-bond acceptors (Lipinski definition) is 4. The molecule has 1 aromatic rings. The number of hydrogen-bond donors (Lipinski definition) is 1. The molecule has 3 rings (SSSR count). The average molecular weight is 278 g/mol. The van der Waals surface area contributed by atoms with Gasteiger partial charge < -0.3 is 19.5 Å². The molecule has 0 bridgehead atoms. The van der Waals surface area contributed by atoms with E-state index in [0.717, 1.165) is 31.8 Å². The predicted octanol–water partition coefficient (Wildman–Crippen LogP) is 0.290. The number of morpholine rings is 1. The number of ether oxygens (including phenoxy) is 1. The number of carbonyl (C=O) groups excluding carboxylic acids is 1. The van der Waals surface area contributed by atoms with Crippen molar-refractivity contribution in [2.75, 3.05) is 19.7 Å². The standard InChI is InChI=1S/C14H22N4O2/c1-17-6-4-16-13(17)10-18(11-2-3-11)14(19)8-12-9-15-5-7-20-12/h4,6,11-12,15H,2-3,5,7-10H2,1H3. The SMILES string of the molecule is Cn1ccnc1CN(C(=O)CC1CNCCO1)C1CC1. The van der Waals surface area contributed by atoms with Gasteiger partial charge >= 0.3 is 0 Å². The molecule has 110 valence electrons. The molecule has 0 spiro atoms. The van der Waals surface area contributed by atoms with Crippen molar-refractivity contribution >= 4 is 5.91 Å². The third kappa shape index (κ3) is 3.19. The number of carbonyl (C=O) groups is 1. The summed E-state index contributed by atoms with van der Waals surface area (Å²) in [6.45, 7) is 2.95. The molecular weight excluding hydrogens is 256 g/mol. The molecule has 2 aliphatic rings. The molecule has 1 amide bonds. The lowest BCUT2D eigenvalue weighted by Crippen LogP contribution is -2.43. The van der Waals surface area contributed by atoms with Crippen molar-refractivity contribution in [3.05, 3.63) is 18.2 Å². The van der Waals surface area contributed by atoms with Gasteiger partial charge in [-0.25, -0.2) is 4.98 Å². The van der Waals surface area contributed by atoms with Crippen LogP contribution in [0.5, 0.6) is 0 Å². The first-order valence-electron chi connectivity index (χ1n) is 7.32. The van der Waals surface area contributed by atoms with Crippen molar-refractivity contribution in [1.29, 1.82) is 0 Å². The molecule has 1 aliphatic heterocycles. The highest BCUT2D eigenvalue weighted by Crippen LogP contribution is 2.29. The molecule has 1 aromatic heterocycles. The van der Waals surface area contributed by atoms with Crippen molar-refractivity contribution < 1.29 is 9.53 Å². The van der Waals surface area contributed by atoms with Gasteiger partial charge in [0, 0.05) is 38.6 Å². The second kappa shape index (κ2) is 5.93. The monoisotopic (exact) mass is 278 g/mol. The fourth-order valence-electron chi connectivity index (χ4n) is 2.57. The molecule has 1 N–H and O–H groups in total. The second-order valence-corrected chi connectivity index (χ2v) is 5.61. The van der Waals surface area contributed by atoms with Gasteiger partial charge in [-0.3, -0.25) is 4.79 Å². The zero-order valence-electron chi connectivity index (χ0n) is 11.9. The lowest BCUT2D eigenvalue weighted by Gasteiger charge is -2.27. The maximum Gasteiger partial charge on any atom is 0.225 e. The Balaban J connectivity index is 1.61. The van der Waals surface area contributed by atoms with Crippen molar-refractivity contribution in [2.24, 2.45) is 7.05 Å². The third-order valence-electron chi connectivity index (χ3n) is 3.95. The van der Waals surface area contributed by atoms with Crippen molar-refractivity contribution in [1.82, 2.24) is 19.8 Å². The number of nitrogens with zero attached hydrogens (tertiary/aromatic N) is 3. The molecule has 20 heavy (non-hydrogen) atoms. The van der Waals surface area contributed by atoms with Gasteiger partial charge in [-0.15, -0.1) is 0 Å². The highest BCUT2D eigenvalue weighted by Gasteiger charge is 2.34. The summed E-state index contributed by atoms with van der Waals surface area (Å²) >= 11 is 0. The summed E-state index contributed by atoms with van der Waals surface area (Å²) in [7, 11) is 1.96. The van der Waals surface area contributed by atoms with Gasteiger partial charge in [0.25, 0.3) is 0 Å². The van der Waals surface area contributed by atoms with E-state index in [1.54, 1.807) is 6.20 Å². The number of amides is 1. The van der Waals surface area contributed by atoms with E-state index >= 15 is 0 Å². The Labute approximate surface area is 119 Å². The fraction of sp³-hybridized carbons (Fsp3) is 0.714. The zero-order valence-corrected chi connectivity index (χ0v) is 11.9. The molecule has 1 unspecified atom stereocenters. The average Bonchev–Trinajstić information content (AvgIpc) is 3.21. The van der Waals surface area contributed by atoms with E-state index in [-0.39, 0.29) is 12.0 Å². The maximum absolute atomic E-state index is 12.5. The lowest BCUT2D eigenvalue weighted by molar-refractivity contribution is -0.136. The van der Waals surface area contributed by atoms with E-state index < -0.39 is 0 Å². The van der Waals surface area contributed by atoms with E-state index in [1.165, 1.54) is 0 Å². The van der Waals surface area contributed by atoms with Gasteiger partial charge in [0.05, 0.1) is 25.7 Å². The number of imidazole rings is 1. The van der Waals surface area contributed by atoms with Crippen LogP contribution in [0.1, 0.15) is 25.1 Å². The molecule has 6 nitrogen and oxygen atoms in total. The summed E-state index contributed by atoms with van der Waals surface area (Å²) < 4.78 is 7.60. The topological polar surface area (TPSA) is 59.4 Å². The van der Waals surface area contributed by atoms with Crippen LogP contribution in [-0.2, 0) is 23.1 Å². The Hall–Kier alpha value is -1.40. The Kier molecular flexibility index (Phi) is 4.03. The third-order valence-corrected chi connectivity index (χ3v) is 3.95. The molecule has 1 saturated heterocycles. The Bertz CT molecular complexity index is 463. The maximum atomic E-state index is 12.5. The van der Waals surface area contributed by atoms with Crippen LogP contribution in [0.4, 0.5) is 0 Å². The van der Waals surface area contributed by atoms with Crippen LogP contribution in [0.25, 0.3) is 0 Å². The van der Waals surface area contributed by atoms with Crippen molar-refractivity contribution in [2.45, 2.75) is 38.0 Å². The first kappa shape index (κ1) is 13.6. The number of aromatic nitrogens is 2. The summed E-state index contributed by atoms with van der Waals surface area (Å²) in [4.78, 5) is 18.8. The van der Waals surface area contributed by atoms with Gasteiger partial charge in [-0.1, -0.05) is 0 Å². The lowest BCUT2D eigenvalue weighted by atomic mass is 10.2. The van der Waals surface area contributed by atoms with Gasteiger partial charge in [0.2, 0.25) is 5.91 Å². The highest BCUT2D eigenvalue weighted by molar-refractivity contribution is 5.77. The summed E-state index contributed by atoms with van der Waals surface area (Å²) in [5.41, 5.74) is 0. The summed E-state index contributed by atoms with van der Waals surface area (Å²) in [6.07, 6.45) is 6.39. The van der Waals surface area contributed by atoms with Crippen LogP contribution in [0, 0.1) is 0 Å². The van der Waals surface area contributed by atoms with Crippen LogP contribution in [0.15, 0.2) is 12.4 Å². The van der Waals surface area contributed by atoms with E-state index in [0.29, 0.717) is 25.6 Å². The smallest absolute Gasteiger partial charge is 0.225 e. The minimum absolute atomic E-state index is 0.0128. The van der Waals surface area contributed by atoms with Gasteiger partial charge in [-0.2, -0.15) is 0 Å². The van der Waals surface area contributed by atoms with Crippen LogP contribution < -0.4 is 5.32 Å². The van der Waals surface area contributed by atoms with E-state index in [2.05, 4.69) is 10.3 Å². The minimum atomic E-state index is 0.0128. The molecule has 1 aliphatic carbocycles. The van der Waals surface area contributed by atoms with Crippen LogP contribution in [-0.4, -0.2) is 52.2 Å². The summed E-state index contributed by atoms with van der Waals surface area (Å²) in [5.74, 6) is 1.12. The zero-order chi connectivity index (χ0) is 13.9. The largest absolute Gasteiger partial charge is 0.375 e. The summed E-state index contributed by atoms with van der Waals surface area (Å²) in [5, 5.41) is 3.27. The van der Waals surface area contributed by atoms with E-state index in [4.69, 9.17) is 4.74 Å². The molecule has 1 atom stereocenters. The van der Waals surface area contributed by atoms with E-state index in [9.17, 15) is 4.79 Å². The van der Waals surface area contributed by atoms with Crippen LogP contribution >= 0.6 is 0 Å². The molecule has 1 saturated carbocycles. The molecular formula is C14H22N4O2. The van der Waals surface area contributed by atoms with Gasteiger partial charge in [0.15, 0.2) is 0 Å². The predicted molar refractivity (Wildman–Crippen MR) is 74.0 cm³/mol. The van der Waals surface area contributed by atoms with Crippen LogP contribution in [0.3, 0.4) is 0 Å². The highest BCUT2D eigenvalue weighted by atomic mass is 16.5. The quantitative estimate of drug-likeness (QED) is 0.841. The number of aryl methyl sites for hydroxylation is 1. The molecule has 6 heteroatoms. The number of rotatable bonds is 5. The van der Waals surface area contributed by atoms with Gasteiger partial charge in [-0.05, 0) is 12.8 Å². The second-order valence-electron chi connectivity index (χ2n) is 5.61. The Morgan fingerprint density at radius 1 is 1.60 bits per heavy atom. The molecule has 0 radical (unpaired) electrons. The van der Waals surface area contributed by atoms with Crippen molar-refractivity contribution in [3.63, 3.8) is 0 Å². The minimum Gasteiger partial charge on any atom is -0.375 e. The fourth-order valence-corrected chi connectivity index (χ4v) is 2.57. The number of nitrogens with one attached hydrogen (secondary N) is 1. The Morgan fingerprint density at radius 2 is 2.45 bits per heavy atom. The molecule has 2 fully saturated rings. The van der Waals surface area contributed by atoms with Crippen molar-refractivity contribution in [3.8, 4) is 0 Å². The Morgan fingerprint density at radius 3 is 3.05 bits per heavy atom. The first-order chi connectivity index (χ1) is 9.74. The first-order valence-corrected chi connectivity index (χ1v) is 7.32. The normalized spacial score (nSPS) is 22.8. The summed E-state index contributed by atoms with van der Waals surface area (Å²) in [6, 6.07) is 0.399. The van der Waals surface area contributed by atoms with E-state index in [1.807, 2.05) is 22.7 Å².